The Balaban J connectivity index is 0.00000181. The lowest BCUT2D eigenvalue weighted by Crippen LogP contribution is -2.22. The van der Waals surface area contributed by atoms with Crippen LogP contribution in [0.1, 0.15) is 23.1 Å². The molecule has 0 spiro atoms. The van der Waals surface area contributed by atoms with Gasteiger partial charge in [0.1, 0.15) is 5.82 Å². The van der Waals surface area contributed by atoms with E-state index in [9.17, 15) is 0 Å². The minimum Gasteiger partial charge on any atom is -0.378 e. The topological polar surface area (TPSA) is 45.5 Å². The predicted octanol–water partition coefficient (Wildman–Crippen LogP) is 7.42. The first-order valence-corrected chi connectivity index (χ1v) is 13.5. The average molecular weight is 528 g/mol. The Labute approximate surface area is 238 Å². The van der Waals surface area contributed by atoms with Gasteiger partial charge in [0.25, 0.3) is 0 Å². The number of likely N-dealkylation sites (N-methyl/N-ethyl adjacent to an activating group) is 1. The minimum absolute atomic E-state index is 0.828. The van der Waals surface area contributed by atoms with E-state index < -0.39 is 0 Å². The van der Waals surface area contributed by atoms with Crippen LogP contribution in [0.4, 0.5) is 5.82 Å². The predicted molar refractivity (Wildman–Crippen MR) is 168 cm³/mol. The van der Waals surface area contributed by atoms with E-state index in [0.717, 1.165) is 59.9 Å². The van der Waals surface area contributed by atoms with Crippen molar-refractivity contribution in [2.75, 3.05) is 25.5 Å². The second kappa shape index (κ2) is 13.3. The van der Waals surface area contributed by atoms with Crippen LogP contribution in [0.25, 0.3) is 28.0 Å². The zero-order valence-electron chi connectivity index (χ0n) is 23.6. The number of hydrogen-bond acceptors (Lipinski definition) is 4. The number of nitrogens with zero attached hydrogens (tertiary/aromatic N) is 4. The van der Waals surface area contributed by atoms with Gasteiger partial charge in [0.15, 0.2) is 5.65 Å². The number of benzene rings is 3. The zero-order chi connectivity index (χ0) is 28.5. The van der Waals surface area contributed by atoms with Crippen LogP contribution in [0.2, 0.25) is 0 Å². The average Bonchev–Trinajstić information content (AvgIpc) is 3.37. The molecule has 0 fully saturated rings. The van der Waals surface area contributed by atoms with Crippen molar-refractivity contribution in [1.29, 1.82) is 0 Å². The lowest BCUT2D eigenvalue weighted by molar-refractivity contribution is 0.406. The number of terminal acetylenes is 1. The lowest BCUT2D eigenvalue weighted by atomic mass is 10.0. The summed E-state index contributed by atoms with van der Waals surface area (Å²) in [5.41, 5.74) is 10.1. The maximum atomic E-state index is 4.91. The van der Waals surface area contributed by atoms with Gasteiger partial charge >= 0.3 is 0 Å². The van der Waals surface area contributed by atoms with Crippen LogP contribution in [-0.2, 0) is 6.42 Å². The van der Waals surface area contributed by atoms with E-state index in [1.54, 1.807) is 0 Å². The number of allylic oxidation sites excluding steroid dienone is 1. The molecule has 0 amide bonds. The highest BCUT2D eigenvalue weighted by Crippen LogP contribution is 2.26. The molecule has 0 saturated heterocycles. The fourth-order valence-electron chi connectivity index (χ4n) is 4.70. The van der Waals surface area contributed by atoms with Crippen LogP contribution < -0.4 is 5.32 Å². The molecular formula is C35H37N5. The Kier molecular flexibility index (Phi) is 9.38. The standard InChI is InChI=1S/C33H35N5.C2H2/c1-24-11-8-9-14-30(24)31-22-32(38-33(36-31)25(2)23-35-38)34-19-10-20-37(4)26(3)21-27-15-17-29(18-16-27)28-12-6-5-7-13-28;1-2/h5-9,11-18,22-23,34H,3,10,19-21H2,1-2,4H3;1-2H. The zero-order valence-corrected chi connectivity index (χ0v) is 23.6. The molecule has 1 N–H and O–H groups in total. The van der Waals surface area contributed by atoms with Crippen molar-refractivity contribution in [1.82, 2.24) is 19.5 Å². The molecule has 0 aliphatic carbocycles. The molecule has 0 radical (unpaired) electrons. The van der Waals surface area contributed by atoms with Gasteiger partial charge in [0.2, 0.25) is 0 Å². The van der Waals surface area contributed by atoms with E-state index in [2.05, 4.69) is 134 Å². The molecular weight excluding hydrogens is 490 g/mol. The molecule has 0 aliphatic rings. The van der Waals surface area contributed by atoms with E-state index >= 15 is 0 Å². The summed E-state index contributed by atoms with van der Waals surface area (Å²) in [6.45, 7) is 10.3. The maximum Gasteiger partial charge on any atom is 0.160 e. The Morgan fingerprint density at radius 2 is 1.57 bits per heavy atom. The van der Waals surface area contributed by atoms with E-state index in [-0.39, 0.29) is 0 Å². The Morgan fingerprint density at radius 3 is 2.30 bits per heavy atom. The lowest BCUT2D eigenvalue weighted by Gasteiger charge is -2.22. The van der Waals surface area contributed by atoms with Crippen molar-refractivity contribution in [3.63, 3.8) is 0 Å². The quantitative estimate of drug-likeness (QED) is 0.152. The molecule has 5 nitrogen and oxygen atoms in total. The van der Waals surface area contributed by atoms with E-state index in [0.29, 0.717) is 0 Å². The number of aromatic nitrogens is 3. The van der Waals surface area contributed by atoms with Crippen LogP contribution >= 0.6 is 0 Å². The van der Waals surface area contributed by atoms with Gasteiger partial charge in [-0.25, -0.2) is 4.98 Å². The van der Waals surface area contributed by atoms with Gasteiger partial charge in [-0.1, -0.05) is 85.4 Å². The SMILES string of the molecule is C#C.C=C(Cc1ccc(-c2ccccc2)cc1)N(C)CCCNc1cc(-c2ccccc2C)nc2c(C)cnn12. The summed E-state index contributed by atoms with van der Waals surface area (Å²) in [6, 6.07) is 29.7. The van der Waals surface area contributed by atoms with Crippen LogP contribution in [0.5, 0.6) is 0 Å². The normalized spacial score (nSPS) is 10.5. The highest BCUT2D eigenvalue weighted by molar-refractivity contribution is 5.70. The second-order valence-corrected chi connectivity index (χ2v) is 9.91. The molecule has 2 aromatic heterocycles. The number of rotatable bonds is 10. The molecule has 5 heteroatoms. The summed E-state index contributed by atoms with van der Waals surface area (Å²) in [5.74, 6) is 0.960. The molecule has 2 heterocycles. The smallest absolute Gasteiger partial charge is 0.160 e. The molecule has 202 valence electrons. The van der Waals surface area contributed by atoms with Gasteiger partial charge in [0, 0.05) is 49.4 Å². The fourth-order valence-corrected chi connectivity index (χ4v) is 4.70. The van der Waals surface area contributed by atoms with E-state index in [1.807, 2.05) is 16.8 Å². The highest BCUT2D eigenvalue weighted by Gasteiger charge is 2.12. The number of hydrogen-bond donors (Lipinski definition) is 1. The summed E-state index contributed by atoms with van der Waals surface area (Å²) < 4.78 is 1.90. The highest BCUT2D eigenvalue weighted by atomic mass is 15.3. The van der Waals surface area contributed by atoms with Crippen LogP contribution in [-0.4, -0.2) is 39.6 Å². The van der Waals surface area contributed by atoms with Crippen LogP contribution in [0, 0.1) is 26.7 Å². The van der Waals surface area contributed by atoms with Crippen molar-refractivity contribution in [3.8, 4) is 35.2 Å². The summed E-state index contributed by atoms with van der Waals surface area (Å²) in [4.78, 5) is 7.16. The minimum atomic E-state index is 0.828. The first-order chi connectivity index (χ1) is 19.5. The third kappa shape index (κ3) is 6.59. The molecule has 40 heavy (non-hydrogen) atoms. The summed E-state index contributed by atoms with van der Waals surface area (Å²) in [5, 5.41) is 8.16. The molecule has 3 aromatic carbocycles. The first-order valence-electron chi connectivity index (χ1n) is 13.5. The van der Waals surface area contributed by atoms with E-state index in [1.165, 1.54) is 22.3 Å². The van der Waals surface area contributed by atoms with Gasteiger partial charge in [-0.05, 0) is 42.5 Å². The van der Waals surface area contributed by atoms with Gasteiger partial charge < -0.3 is 10.2 Å². The number of nitrogens with one attached hydrogen (secondary N) is 1. The van der Waals surface area contributed by atoms with Crippen LogP contribution in [0.15, 0.2) is 103 Å². The van der Waals surface area contributed by atoms with Crippen LogP contribution in [0.3, 0.4) is 0 Å². The Hall–Kier alpha value is -4.82. The maximum absolute atomic E-state index is 4.91. The molecule has 5 aromatic rings. The largest absolute Gasteiger partial charge is 0.378 e. The Morgan fingerprint density at radius 1 is 0.900 bits per heavy atom. The summed E-state index contributed by atoms with van der Waals surface area (Å²) in [6.07, 6.45) is 11.7. The third-order valence-corrected chi connectivity index (χ3v) is 7.05. The van der Waals surface area contributed by atoms with Gasteiger partial charge in [0.05, 0.1) is 11.9 Å². The van der Waals surface area contributed by atoms with Gasteiger partial charge in [-0.3, -0.25) is 0 Å². The van der Waals surface area contributed by atoms with Crippen molar-refractivity contribution in [3.05, 3.63) is 120 Å². The van der Waals surface area contributed by atoms with E-state index in [4.69, 9.17) is 4.98 Å². The molecule has 0 unspecified atom stereocenters. The Bertz CT molecular complexity index is 1580. The number of aryl methyl sites for hydroxylation is 2. The van der Waals surface area contributed by atoms with Gasteiger partial charge in [-0.15, -0.1) is 12.8 Å². The summed E-state index contributed by atoms with van der Waals surface area (Å²) in [7, 11) is 2.12. The van der Waals surface area contributed by atoms with Crippen molar-refractivity contribution in [2.45, 2.75) is 26.7 Å². The fraction of sp³-hybridized carbons (Fsp3) is 0.200. The molecule has 0 atom stereocenters. The van der Waals surface area contributed by atoms with Gasteiger partial charge in [-0.2, -0.15) is 9.61 Å². The number of fused-ring (bicyclic) bond motifs is 1. The third-order valence-electron chi connectivity index (χ3n) is 7.05. The molecule has 5 rings (SSSR count). The number of anilines is 1. The molecule has 0 bridgehead atoms. The van der Waals surface area contributed by atoms with Crippen molar-refractivity contribution in [2.24, 2.45) is 0 Å². The summed E-state index contributed by atoms with van der Waals surface area (Å²) >= 11 is 0. The van der Waals surface area contributed by atoms with Crippen molar-refractivity contribution < 1.29 is 0 Å². The second-order valence-electron chi connectivity index (χ2n) is 9.91. The monoisotopic (exact) mass is 527 g/mol. The first kappa shape index (κ1) is 28.2. The molecule has 0 saturated carbocycles. The van der Waals surface area contributed by atoms with Crippen molar-refractivity contribution >= 4 is 11.5 Å². The molecule has 0 aliphatic heterocycles.